The first-order valence-corrected chi connectivity index (χ1v) is 8.64. The number of hydrogen-bond donors (Lipinski definition) is 1. The van der Waals surface area contributed by atoms with Gasteiger partial charge in [-0.05, 0) is 71.6 Å². The molecule has 21 heavy (non-hydrogen) atoms. The molecule has 2 N–H and O–H groups in total. The minimum absolute atomic E-state index is 0.267. The predicted octanol–water partition coefficient (Wildman–Crippen LogP) is 4.51. The van der Waals surface area contributed by atoms with E-state index in [1.165, 1.54) is 6.42 Å². The van der Waals surface area contributed by atoms with Crippen molar-refractivity contribution < 1.29 is 9.47 Å². The summed E-state index contributed by atoms with van der Waals surface area (Å²) in [6.07, 6.45) is 3.79. The molecule has 1 aliphatic carbocycles. The Bertz CT molecular complexity index is 468. The van der Waals surface area contributed by atoms with E-state index in [2.05, 4.69) is 29.8 Å². The fraction of sp³-hybridized carbons (Fsp3) is 0.647. The molecule has 2 rings (SSSR count). The zero-order valence-electron chi connectivity index (χ0n) is 13.2. The second kappa shape index (κ2) is 7.50. The van der Waals surface area contributed by atoms with Crippen LogP contribution < -0.4 is 15.2 Å². The van der Waals surface area contributed by atoms with Gasteiger partial charge in [0.05, 0.1) is 17.2 Å². The molecule has 118 valence electrons. The molecule has 0 aromatic heterocycles. The summed E-state index contributed by atoms with van der Waals surface area (Å²) in [7, 11) is 0. The van der Waals surface area contributed by atoms with E-state index in [9.17, 15) is 0 Å². The van der Waals surface area contributed by atoms with Crippen molar-refractivity contribution in [2.24, 2.45) is 17.6 Å². The van der Waals surface area contributed by atoms with Crippen LogP contribution in [-0.4, -0.2) is 12.7 Å². The van der Waals surface area contributed by atoms with Crippen LogP contribution in [0.15, 0.2) is 16.6 Å². The standard InChI is InChI=1S/C17H26BrNO2/c1-4-20-16-9-13(10-19)8-15(18)17(16)21-14-6-11(2)5-12(3)7-14/h8-9,11-12,14H,4-7,10,19H2,1-3H3. The first-order valence-electron chi connectivity index (χ1n) is 7.85. The Morgan fingerprint density at radius 2 is 1.86 bits per heavy atom. The van der Waals surface area contributed by atoms with Crippen molar-refractivity contribution in [1.29, 1.82) is 0 Å². The van der Waals surface area contributed by atoms with Gasteiger partial charge in [0.1, 0.15) is 0 Å². The molecular formula is C17H26BrNO2. The molecule has 0 amide bonds. The second-order valence-electron chi connectivity index (χ2n) is 6.20. The summed E-state index contributed by atoms with van der Waals surface area (Å²) in [5, 5.41) is 0. The Morgan fingerprint density at radius 1 is 1.19 bits per heavy atom. The largest absolute Gasteiger partial charge is 0.490 e. The molecule has 1 aromatic rings. The lowest BCUT2D eigenvalue weighted by atomic mass is 9.82. The van der Waals surface area contributed by atoms with Gasteiger partial charge in [0.25, 0.3) is 0 Å². The third kappa shape index (κ3) is 4.36. The highest BCUT2D eigenvalue weighted by Gasteiger charge is 2.27. The monoisotopic (exact) mass is 355 g/mol. The molecule has 1 saturated carbocycles. The highest BCUT2D eigenvalue weighted by atomic mass is 79.9. The molecular weight excluding hydrogens is 330 g/mol. The number of rotatable bonds is 5. The maximum absolute atomic E-state index is 6.30. The SMILES string of the molecule is CCOc1cc(CN)cc(Br)c1OC1CC(C)CC(C)C1. The summed E-state index contributed by atoms with van der Waals surface area (Å²) in [5.74, 6) is 3.05. The van der Waals surface area contributed by atoms with Crippen LogP contribution in [0, 0.1) is 11.8 Å². The van der Waals surface area contributed by atoms with Crippen LogP contribution in [0.5, 0.6) is 11.5 Å². The average molecular weight is 356 g/mol. The summed E-state index contributed by atoms with van der Waals surface area (Å²) in [6, 6.07) is 4.01. The van der Waals surface area contributed by atoms with E-state index >= 15 is 0 Å². The van der Waals surface area contributed by atoms with Crippen LogP contribution in [0.4, 0.5) is 0 Å². The van der Waals surface area contributed by atoms with E-state index in [-0.39, 0.29) is 6.10 Å². The minimum atomic E-state index is 0.267. The van der Waals surface area contributed by atoms with Crippen LogP contribution in [-0.2, 0) is 6.54 Å². The maximum atomic E-state index is 6.30. The molecule has 0 bridgehead atoms. The summed E-state index contributed by atoms with van der Waals surface area (Å²) in [4.78, 5) is 0. The van der Waals surface area contributed by atoms with E-state index in [0.717, 1.165) is 46.2 Å². The van der Waals surface area contributed by atoms with Gasteiger partial charge < -0.3 is 15.2 Å². The normalized spacial score (nSPS) is 25.7. The highest BCUT2D eigenvalue weighted by molar-refractivity contribution is 9.10. The van der Waals surface area contributed by atoms with Crippen molar-refractivity contribution >= 4 is 15.9 Å². The molecule has 0 saturated heterocycles. The third-order valence-corrected chi connectivity index (χ3v) is 4.61. The van der Waals surface area contributed by atoms with Gasteiger partial charge in [-0.3, -0.25) is 0 Å². The van der Waals surface area contributed by atoms with Gasteiger partial charge in [-0.15, -0.1) is 0 Å². The lowest BCUT2D eigenvalue weighted by Crippen LogP contribution is -2.28. The highest BCUT2D eigenvalue weighted by Crippen LogP contribution is 2.40. The van der Waals surface area contributed by atoms with E-state index in [1.54, 1.807) is 0 Å². The Balaban J connectivity index is 2.21. The Morgan fingerprint density at radius 3 is 2.43 bits per heavy atom. The van der Waals surface area contributed by atoms with Crippen LogP contribution in [0.1, 0.15) is 45.6 Å². The van der Waals surface area contributed by atoms with Crippen molar-refractivity contribution in [1.82, 2.24) is 0 Å². The van der Waals surface area contributed by atoms with Crippen molar-refractivity contribution in [3.05, 3.63) is 22.2 Å². The molecule has 1 fully saturated rings. The Labute approximate surface area is 136 Å². The number of hydrogen-bond acceptors (Lipinski definition) is 3. The van der Waals surface area contributed by atoms with Gasteiger partial charge >= 0.3 is 0 Å². The summed E-state index contributed by atoms with van der Waals surface area (Å²) in [5.41, 5.74) is 6.78. The van der Waals surface area contributed by atoms with Crippen molar-refractivity contribution in [2.75, 3.05) is 6.61 Å². The molecule has 3 nitrogen and oxygen atoms in total. The number of halogens is 1. The van der Waals surface area contributed by atoms with Crippen molar-refractivity contribution in [2.45, 2.75) is 52.7 Å². The zero-order valence-corrected chi connectivity index (χ0v) is 14.8. The van der Waals surface area contributed by atoms with E-state index < -0.39 is 0 Å². The van der Waals surface area contributed by atoms with Gasteiger partial charge in [-0.2, -0.15) is 0 Å². The number of ether oxygens (including phenoxy) is 2. The van der Waals surface area contributed by atoms with Gasteiger partial charge in [0.2, 0.25) is 0 Å². The fourth-order valence-electron chi connectivity index (χ4n) is 3.25. The summed E-state index contributed by atoms with van der Waals surface area (Å²) in [6.45, 7) is 7.71. The molecule has 2 unspecified atom stereocenters. The fourth-order valence-corrected chi connectivity index (χ4v) is 3.84. The maximum Gasteiger partial charge on any atom is 0.175 e. The van der Waals surface area contributed by atoms with Crippen LogP contribution >= 0.6 is 15.9 Å². The predicted molar refractivity (Wildman–Crippen MR) is 89.8 cm³/mol. The second-order valence-corrected chi connectivity index (χ2v) is 7.05. The van der Waals surface area contributed by atoms with Crippen LogP contribution in [0.2, 0.25) is 0 Å². The van der Waals surface area contributed by atoms with Gasteiger partial charge in [-0.25, -0.2) is 0 Å². The Kier molecular flexibility index (Phi) is 5.94. The third-order valence-electron chi connectivity index (χ3n) is 4.02. The minimum Gasteiger partial charge on any atom is -0.490 e. The first-order chi connectivity index (χ1) is 10.0. The molecule has 4 heteroatoms. The average Bonchev–Trinajstić information content (AvgIpc) is 2.41. The van der Waals surface area contributed by atoms with Gasteiger partial charge in [0, 0.05) is 6.54 Å². The van der Waals surface area contributed by atoms with E-state index in [0.29, 0.717) is 13.2 Å². The molecule has 0 aliphatic heterocycles. The smallest absolute Gasteiger partial charge is 0.175 e. The quantitative estimate of drug-likeness (QED) is 0.844. The molecule has 0 spiro atoms. The lowest BCUT2D eigenvalue weighted by molar-refractivity contribution is 0.0963. The van der Waals surface area contributed by atoms with Crippen molar-refractivity contribution in [3.8, 4) is 11.5 Å². The first kappa shape index (κ1) is 16.6. The number of benzene rings is 1. The number of nitrogens with two attached hydrogens (primary N) is 1. The molecule has 0 radical (unpaired) electrons. The molecule has 1 aromatic carbocycles. The lowest BCUT2D eigenvalue weighted by Gasteiger charge is -2.32. The van der Waals surface area contributed by atoms with E-state index in [4.69, 9.17) is 15.2 Å². The topological polar surface area (TPSA) is 44.5 Å². The van der Waals surface area contributed by atoms with Crippen LogP contribution in [0.3, 0.4) is 0 Å². The molecule has 0 heterocycles. The van der Waals surface area contributed by atoms with E-state index in [1.807, 2.05) is 19.1 Å². The van der Waals surface area contributed by atoms with Gasteiger partial charge in [0.15, 0.2) is 11.5 Å². The summed E-state index contributed by atoms with van der Waals surface area (Å²) >= 11 is 3.61. The van der Waals surface area contributed by atoms with Gasteiger partial charge in [-0.1, -0.05) is 13.8 Å². The summed E-state index contributed by atoms with van der Waals surface area (Å²) < 4.78 is 13.0. The molecule has 1 aliphatic rings. The molecule has 2 atom stereocenters. The zero-order chi connectivity index (χ0) is 15.4. The van der Waals surface area contributed by atoms with Crippen LogP contribution in [0.25, 0.3) is 0 Å². The van der Waals surface area contributed by atoms with Crippen molar-refractivity contribution in [3.63, 3.8) is 0 Å². The Hall–Kier alpha value is -0.740.